The number of ether oxygens (including phenoxy) is 1. The lowest BCUT2D eigenvalue weighted by Crippen LogP contribution is -2.36. The van der Waals surface area contributed by atoms with Gasteiger partial charge in [0.2, 0.25) is 5.91 Å². The van der Waals surface area contributed by atoms with E-state index in [1.807, 2.05) is 36.2 Å². The number of nitrogens with one attached hydrogen (secondary N) is 1. The molecule has 0 saturated heterocycles. The summed E-state index contributed by atoms with van der Waals surface area (Å²) in [6, 6.07) is 7.72. The SMILES string of the molecule is COCCNC(=O)CN(C)Cc1ccccc1C#CCO. The molecular formula is C16H22N2O3. The summed E-state index contributed by atoms with van der Waals surface area (Å²) < 4.78 is 4.88. The van der Waals surface area contributed by atoms with Crippen molar-refractivity contribution < 1.29 is 14.6 Å². The van der Waals surface area contributed by atoms with Crippen molar-refractivity contribution in [3.8, 4) is 11.8 Å². The molecule has 0 bridgehead atoms. The summed E-state index contributed by atoms with van der Waals surface area (Å²) in [7, 11) is 3.48. The number of likely N-dealkylation sites (N-methyl/N-ethyl adjacent to an activating group) is 1. The maximum Gasteiger partial charge on any atom is 0.234 e. The minimum atomic E-state index is -0.161. The molecular weight excluding hydrogens is 268 g/mol. The Balaban J connectivity index is 2.54. The predicted octanol–water partition coefficient (Wildman–Crippen LogP) is 0.225. The molecule has 0 heterocycles. The molecule has 1 rings (SSSR count). The monoisotopic (exact) mass is 290 g/mol. The van der Waals surface area contributed by atoms with Gasteiger partial charge in [-0.1, -0.05) is 30.0 Å². The second-order valence-electron chi connectivity index (χ2n) is 4.63. The summed E-state index contributed by atoms with van der Waals surface area (Å²) in [5.74, 6) is 5.53. The van der Waals surface area contributed by atoms with Crippen molar-refractivity contribution >= 4 is 5.91 Å². The highest BCUT2D eigenvalue weighted by Crippen LogP contribution is 2.09. The van der Waals surface area contributed by atoms with Crippen LogP contribution in [-0.4, -0.2) is 56.4 Å². The van der Waals surface area contributed by atoms with Crippen LogP contribution >= 0.6 is 0 Å². The lowest BCUT2D eigenvalue weighted by atomic mass is 10.1. The van der Waals surface area contributed by atoms with Crippen molar-refractivity contribution in [1.82, 2.24) is 10.2 Å². The topological polar surface area (TPSA) is 61.8 Å². The molecule has 5 nitrogen and oxygen atoms in total. The lowest BCUT2D eigenvalue weighted by Gasteiger charge is -2.17. The Morgan fingerprint density at radius 3 is 2.90 bits per heavy atom. The fraction of sp³-hybridized carbons (Fsp3) is 0.438. The van der Waals surface area contributed by atoms with Gasteiger partial charge in [-0.05, 0) is 18.7 Å². The summed E-state index contributed by atoms with van der Waals surface area (Å²) in [6.07, 6.45) is 0. The number of carbonyl (C=O) groups is 1. The molecule has 0 fully saturated rings. The van der Waals surface area contributed by atoms with Crippen LogP contribution in [0, 0.1) is 11.8 Å². The van der Waals surface area contributed by atoms with Crippen LogP contribution in [0.25, 0.3) is 0 Å². The first-order chi connectivity index (χ1) is 10.2. The predicted molar refractivity (Wildman–Crippen MR) is 81.6 cm³/mol. The Bertz CT molecular complexity index is 506. The van der Waals surface area contributed by atoms with E-state index in [9.17, 15) is 4.79 Å². The van der Waals surface area contributed by atoms with Crippen LogP contribution in [-0.2, 0) is 16.1 Å². The Labute approximate surface area is 125 Å². The molecule has 1 amide bonds. The number of benzene rings is 1. The van der Waals surface area contributed by atoms with Crippen LogP contribution in [0.1, 0.15) is 11.1 Å². The molecule has 0 saturated carbocycles. The second kappa shape index (κ2) is 9.94. The zero-order valence-corrected chi connectivity index (χ0v) is 12.6. The van der Waals surface area contributed by atoms with Gasteiger partial charge in [-0.25, -0.2) is 0 Å². The number of nitrogens with zero attached hydrogens (tertiary/aromatic N) is 1. The van der Waals surface area contributed by atoms with E-state index in [1.165, 1.54) is 0 Å². The largest absolute Gasteiger partial charge is 0.384 e. The van der Waals surface area contributed by atoms with E-state index >= 15 is 0 Å². The van der Waals surface area contributed by atoms with E-state index in [2.05, 4.69) is 17.2 Å². The number of hydrogen-bond donors (Lipinski definition) is 2. The fourth-order valence-corrected chi connectivity index (χ4v) is 1.86. The Morgan fingerprint density at radius 1 is 1.43 bits per heavy atom. The van der Waals surface area contributed by atoms with E-state index in [4.69, 9.17) is 9.84 Å². The van der Waals surface area contributed by atoms with Crippen molar-refractivity contribution in [2.75, 3.05) is 40.5 Å². The van der Waals surface area contributed by atoms with Crippen molar-refractivity contribution in [3.63, 3.8) is 0 Å². The van der Waals surface area contributed by atoms with Crippen LogP contribution in [0.15, 0.2) is 24.3 Å². The summed E-state index contributed by atoms with van der Waals surface area (Å²) in [5, 5.41) is 11.6. The van der Waals surface area contributed by atoms with E-state index in [0.717, 1.165) is 11.1 Å². The van der Waals surface area contributed by atoms with Gasteiger partial charge in [-0.2, -0.15) is 0 Å². The third-order valence-corrected chi connectivity index (χ3v) is 2.80. The molecule has 0 aliphatic carbocycles. The van der Waals surface area contributed by atoms with Crippen molar-refractivity contribution in [3.05, 3.63) is 35.4 Å². The van der Waals surface area contributed by atoms with E-state index < -0.39 is 0 Å². The van der Waals surface area contributed by atoms with E-state index in [1.54, 1.807) is 7.11 Å². The average molecular weight is 290 g/mol. The van der Waals surface area contributed by atoms with Gasteiger partial charge in [0.25, 0.3) is 0 Å². The Kier molecular flexibility index (Phi) is 8.14. The molecule has 1 aromatic carbocycles. The Hall–Kier alpha value is -1.87. The zero-order valence-electron chi connectivity index (χ0n) is 12.6. The highest BCUT2D eigenvalue weighted by Gasteiger charge is 2.08. The maximum absolute atomic E-state index is 11.7. The molecule has 5 heteroatoms. The molecule has 0 aliphatic heterocycles. The molecule has 0 spiro atoms. The van der Waals surface area contributed by atoms with Gasteiger partial charge in [0.15, 0.2) is 0 Å². The van der Waals surface area contributed by atoms with Gasteiger partial charge in [0.05, 0.1) is 13.2 Å². The van der Waals surface area contributed by atoms with Crippen molar-refractivity contribution in [2.24, 2.45) is 0 Å². The number of carbonyl (C=O) groups excluding carboxylic acids is 1. The van der Waals surface area contributed by atoms with Gasteiger partial charge in [-0.15, -0.1) is 0 Å². The standard InChI is InChI=1S/C16H22N2O3/c1-18(13-16(20)17-9-11-21-2)12-15-7-4-3-6-14(15)8-5-10-19/h3-4,6-7,19H,9-13H2,1-2H3,(H,17,20). The Morgan fingerprint density at radius 2 is 2.19 bits per heavy atom. The first-order valence-electron chi connectivity index (χ1n) is 6.79. The summed E-state index contributed by atoms with van der Waals surface area (Å²) >= 11 is 0. The third kappa shape index (κ3) is 6.91. The zero-order chi connectivity index (χ0) is 15.5. The van der Waals surface area contributed by atoms with Crippen molar-refractivity contribution in [2.45, 2.75) is 6.54 Å². The molecule has 0 radical (unpaired) electrons. The molecule has 2 N–H and O–H groups in total. The highest BCUT2D eigenvalue weighted by molar-refractivity contribution is 5.77. The summed E-state index contributed by atoms with van der Waals surface area (Å²) in [6.45, 7) is 1.79. The number of aliphatic hydroxyl groups is 1. The number of rotatable bonds is 7. The molecule has 0 aliphatic rings. The van der Waals surface area contributed by atoms with Crippen LogP contribution in [0.4, 0.5) is 0 Å². The number of methoxy groups -OCH3 is 1. The van der Waals surface area contributed by atoms with Crippen LogP contribution in [0.2, 0.25) is 0 Å². The second-order valence-corrected chi connectivity index (χ2v) is 4.63. The first-order valence-corrected chi connectivity index (χ1v) is 6.79. The molecule has 114 valence electrons. The van der Waals surface area contributed by atoms with Gasteiger partial charge in [-0.3, -0.25) is 9.69 Å². The first kappa shape index (κ1) is 17.2. The molecule has 21 heavy (non-hydrogen) atoms. The third-order valence-electron chi connectivity index (χ3n) is 2.80. The molecule has 0 atom stereocenters. The molecule has 0 aromatic heterocycles. The minimum absolute atomic E-state index is 0.0338. The molecule has 1 aromatic rings. The van der Waals surface area contributed by atoms with Crippen LogP contribution < -0.4 is 5.32 Å². The average Bonchev–Trinajstić information content (AvgIpc) is 2.46. The minimum Gasteiger partial charge on any atom is -0.384 e. The quantitative estimate of drug-likeness (QED) is 0.557. The molecule has 0 unspecified atom stereocenters. The summed E-state index contributed by atoms with van der Waals surface area (Å²) in [4.78, 5) is 13.6. The van der Waals surface area contributed by atoms with Gasteiger partial charge in [0.1, 0.15) is 6.61 Å². The van der Waals surface area contributed by atoms with Crippen LogP contribution in [0.3, 0.4) is 0 Å². The van der Waals surface area contributed by atoms with Gasteiger partial charge in [0, 0.05) is 25.8 Å². The smallest absolute Gasteiger partial charge is 0.234 e. The lowest BCUT2D eigenvalue weighted by molar-refractivity contribution is -0.122. The normalized spacial score (nSPS) is 10.1. The summed E-state index contributed by atoms with van der Waals surface area (Å²) in [5.41, 5.74) is 1.91. The number of aliphatic hydroxyl groups excluding tert-OH is 1. The maximum atomic E-state index is 11.7. The van der Waals surface area contributed by atoms with Gasteiger partial charge < -0.3 is 15.2 Å². The van der Waals surface area contributed by atoms with E-state index in [-0.39, 0.29) is 12.5 Å². The van der Waals surface area contributed by atoms with E-state index in [0.29, 0.717) is 26.2 Å². The highest BCUT2D eigenvalue weighted by atomic mass is 16.5. The van der Waals surface area contributed by atoms with Gasteiger partial charge >= 0.3 is 0 Å². The number of amides is 1. The fourth-order valence-electron chi connectivity index (χ4n) is 1.86. The van der Waals surface area contributed by atoms with Crippen LogP contribution in [0.5, 0.6) is 0 Å². The van der Waals surface area contributed by atoms with Crippen molar-refractivity contribution in [1.29, 1.82) is 0 Å². The number of hydrogen-bond acceptors (Lipinski definition) is 4.